The number of nitrogens with zero attached hydrogens (tertiary/aromatic N) is 20. The molecule has 147 heavy (non-hydrogen) atoms. The second-order valence-corrected chi connectivity index (χ2v) is 49.0. The molecule has 0 aliphatic rings. The Morgan fingerprint density at radius 1 is 0.381 bits per heavy atom. The number of methoxy groups -OCH3 is 5. The lowest BCUT2D eigenvalue weighted by molar-refractivity contribution is 0.0991. The summed E-state index contributed by atoms with van der Waals surface area (Å²) < 4.78 is 121. The third-order valence-electron chi connectivity index (χ3n) is 23.3. The van der Waals surface area contributed by atoms with Gasteiger partial charge in [0.15, 0.2) is 10.9 Å². The van der Waals surface area contributed by atoms with Gasteiger partial charge in [0, 0.05) is 143 Å². The van der Waals surface area contributed by atoms with Gasteiger partial charge >= 0.3 is 0 Å². The summed E-state index contributed by atoms with van der Waals surface area (Å²) >= 11 is 9.93. The third-order valence-corrected chi connectivity index (χ3v) is 40.4. The first-order valence-electron chi connectivity index (χ1n) is 44.0. The summed E-state index contributed by atoms with van der Waals surface area (Å²) in [6.07, 6.45) is 14.8. The van der Waals surface area contributed by atoms with Gasteiger partial charge in [-0.1, -0.05) is 16.5 Å². The Labute approximate surface area is 882 Å². The normalized spacial score (nSPS) is 12.6. The van der Waals surface area contributed by atoms with Gasteiger partial charge in [0.2, 0.25) is 0 Å². The average molecular weight is 2240 g/mol. The summed E-state index contributed by atoms with van der Waals surface area (Å²) in [6, 6.07) is 13.1. The van der Waals surface area contributed by atoms with Crippen molar-refractivity contribution in [2.24, 2.45) is 46.7 Å². The number of anilines is 5. The van der Waals surface area contributed by atoms with Crippen LogP contribution in [0.15, 0.2) is 129 Å². The summed E-state index contributed by atoms with van der Waals surface area (Å²) in [4.78, 5) is 84.9. The molecule has 20 aromatic rings. The van der Waals surface area contributed by atoms with E-state index in [9.17, 15) is 35.0 Å². The van der Waals surface area contributed by atoms with E-state index in [1.54, 1.807) is 84.2 Å². The van der Waals surface area contributed by atoms with Gasteiger partial charge < -0.3 is 91.2 Å². The largest absolute Gasteiger partial charge is 0.396 e. The highest BCUT2D eigenvalue weighted by atomic mass is 32.2. The lowest BCUT2D eigenvalue weighted by Gasteiger charge is -2.09. The SMILES string of the molecule is COCCS(=O)c1sc2nc(-c3ccn[nH]3)cc(-c3cnc(C)n3C)c2c1N.COCCS(=O)c1sc2nc(-c3ccno3)cc(-c3cnc(C)n3C)c2c1N.COCCS(=O)c1sc2nc(-c3nc(C(N)=O)cs3)cc(-c3cnc(C)n3C)c2c1N.COCCS(=O)c1sc2nc(-c3ncc(C(N)=O)s3)cc(-c3cnc(C)n3C)c2c1N.COCCS(=O)c1sc2nc(-c3ncc(F)s3)cc(-c3cnc(C)n3C)c2c1N. The van der Waals surface area contributed by atoms with Crippen LogP contribution in [-0.4, -0.2) is 233 Å². The zero-order chi connectivity index (χ0) is 105. The minimum Gasteiger partial charge on any atom is -0.396 e. The molecule has 41 nitrogen and oxygen atoms in total. The number of aryl methyl sites for hydroxylation is 5. The molecule has 20 rings (SSSR count). The first-order chi connectivity index (χ1) is 70.5. The molecule has 0 bridgehead atoms. The van der Waals surface area contributed by atoms with Gasteiger partial charge in [-0.2, -0.15) is 9.49 Å². The number of nitrogens with one attached hydrogen (secondary N) is 1. The quantitative estimate of drug-likeness (QED) is 0.0194. The van der Waals surface area contributed by atoms with Crippen LogP contribution in [0.4, 0.5) is 32.8 Å². The van der Waals surface area contributed by atoms with Crippen LogP contribution in [0.1, 0.15) is 49.3 Å². The summed E-state index contributed by atoms with van der Waals surface area (Å²) in [5.74, 6) is 5.49. The maximum atomic E-state index is 13.6. The first-order valence-corrected chi connectivity index (χ1v) is 57.2. The number of carbonyl (C=O) groups is 2. The molecule has 20 heterocycles. The van der Waals surface area contributed by atoms with Crippen molar-refractivity contribution in [3.8, 4) is 111 Å². The molecule has 15 N–H and O–H groups in total. The average Bonchev–Trinajstić information content (AvgIpc) is 1.62. The van der Waals surface area contributed by atoms with Crippen molar-refractivity contribution in [2.45, 2.75) is 55.7 Å². The number of nitrogens with two attached hydrogens (primary N) is 7. The van der Waals surface area contributed by atoms with E-state index in [0.717, 1.165) is 140 Å². The molecule has 0 aromatic carbocycles. The zero-order valence-electron chi connectivity index (χ0n) is 81.4. The van der Waals surface area contributed by atoms with Crippen molar-refractivity contribution >= 4 is 236 Å². The number of aromatic amines is 1. The molecular weight excluding hydrogens is 2140 g/mol. The second kappa shape index (κ2) is 46.4. The summed E-state index contributed by atoms with van der Waals surface area (Å²) in [5.41, 5.74) is 57.9. The number of thiazole rings is 3. The van der Waals surface area contributed by atoms with E-state index in [-0.39, 0.29) is 10.8 Å². The van der Waals surface area contributed by atoms with Gasteiger partial charge in [0.05, 0.1) is 234 Å². The molecule has 0 saturated heterocycles. The number of pyridine rings is 5. The highest BCUT2D eigenvalue weighted by Crippen LogP contribution is 2.50. The van der Waals surface area contributed by atoms with Gasteiger partial charge in [0.1, 0.15) is 123 Å². The van der Waals surface area contributed by atoms with Crippen LogP contribution in [0.2, 0.25) is 0 Å². The number of fused-ring (bicyclic) bond motifs is 5. The molecule has 0 spiro atoms. The number of rotatable bonds is 32. The number of H-pyrrole nitrogens is 1. The summed E-state index contributed by atoms with van der Waals surface area (Å²) in [5, 5.41) is 17.3. The highest BCUT2D eigenvalue weighted by Gasteiger charge is 2.32. The fraction of sp³-hybridized carbons (Fsp3) is 0.272. The maximum absolute atomic E-state index is 13.6. The van der Waals surface area contributed by atoms with Crippen molar-refractivity contribution in [2.75, 3.05) is 126 Å². The molecule has 0 aliphatic carbocycles. The fourth-order valence-corrected chi connectivity index (χ4v) is 30.0. The first kappa shape index (κ1) is 107. The van der Waals surface area contributed by atoms with Crippen LogP contribution in [0, 0.1) is 39.7 Å². The van der Waals surface area contributed by atoms with Crippen LogP contribution < -0.4 is 40.1 Å². The number of aromatic nitrogens is 21. The molecule has 0 fully saturated rings. The Hall–Kier alpha value is -12.7. The van der Waals surface area contributed by atoms with Crippen LogP contribution in [0.25, 0.3) is 162 Å². The number of carbonyl (C=O) groups excluding carboxylic acids is 2. The number of primary amides is 2. The predicted octanol–water partition coefficient (Wildman–Crippen LogP) is 14.5. The lowest BCUT2D eigenvalue weighted by atomic mass is 10.1. The van der Waals surface area contributed by atoms with Gasteiger partial charge in [-0.15, -0.1) is 79.4 Å². The number of nitrogen functional groups attached to an aromatic ring is 5. The molecule has 768 valence electrons. The van der Waals surface area contributed by atoms with Crippen LogP contribution >= 0.6 is 90.7 Å². The van der Waals surface area contributed by atoms with Crippen molar-refractivity contribution in [3.05, 3.63) is 148 Å². The van der Waals surface area contributed by atoms with Crippen molar-refractivity contribution in [1.29, 1.82) is 0 Å². The van der Waals surface area contributed by atoms with Crippen LogP contribution in [0.3, 0.4) is 0 Å². The molecule has 5 unspecified atom stereocenters. The minimum absolute atomic E-state index is 0.187. The van der Waals surface area contributed by atoms with E-state index in [2.05, 4.69) is 60.2 Å². The molecule has 55 heteroatoms. The highest BCUT2D eigenvalue weighted by molar-refractivity contribution is 7.89. The van der Waals surface area contributed by atoms with E-state index in [0.29, 0.717) is 179 Å². The smallest absolute Gasteiger partial charge is 0.268 e. The van der Waals surface area contributed by atoms with Gasteiger partial charge in [-0.25, -0.2) is 64.8 Å². The van der Waals surface area contributed by atoms with E-state index in [4.69, 9.17) is 88.3 Å². The number of imidazole rings is 5. The van der Waals surface area contributed by atoms with Gasteiger partial charge in [-0.3, -0.25) is 35.7 Å². The molecule has 5 atom stereocenters. The fourth-order valence-electron chi connectivity index (χ4n) is 15.1. The monoisotopic (exact) mass is 2240 g/mol. The van der Waals surface area contributed by atoms with Gasteiger partial charge in [0.25, 0.3) is 11.8 Å². The molecule has 2 amide bonds. The van der Waals surface area contributed by atoms with E-state index in [1.165, 1.54) is 91.8 Å². The maximum Gasteiger partial charge on any atom is 0.268 e. The van der Waals surface area contributed by atoms with E-state index >= 15 is 0 Å². The summed E-state index contributed by atoms with van der Waals surface area (Å²) in [6.45, 7) is 11.5. The zero-order valence-corrected chi connectivity index (χ0v) is 92.0. The topological polar surface area (TPSA) is 595 Å². The molecule has 0 radical (unpaired) electrons. The number of hydrogen-bond donors (Lipinski definition) is 8. The number of halogens is 1. The number of hydrogen-bond acceptors (Lipinski definition) is 41. The van der Waals surface area contributed by atoms with E-state index < -0.39 is 65.8 Å². The molecule has 0 saturated carbocycles. The number of amides is 2. The predicted molar refractivity (Wildman–Crippen MR) is 584 cm³/mol. The number of thiophene rings is 5. The second-order valence-electron chi connectivity index (χ2n) is 32.3. The van der Waals surface area contributed by atoms with Crippen molar-refractivity contribution < 1.29 is 63.2 Å². The minimum atomic E-state index is -1.31. The molecule has 20 aromatic heterocycles. The standard InChI is InChI=1S/2C19H20N6O3S3.C18H18FN5O2S3.C18H20N6O2S2.C18H19N5O3S2/c1-9-22-7-13(25(9)2)10-6-11(17-24-12(8-29-17)16(21)26)23-18-14(10)15(20)19(30-18)31(27)5-4-28-3;1-9-22-7-12(25(9)2)10-6-11(17-23-8-13(29-17)16(21)26)24-18-14(10)15(20)19(30-18)31(27)5-4-28-3;1-9-21-7-12(24(9)2)10-6-11(16-22-8-13(19)27-16)23-17-14(10)15(20)18(28-17)29(25)5-4-26-3;1-10-20-9-14(24(10)2)11-8-13(12-4-5-21-23-12)22-17-15(11)16(19)18(27-17)28(25)7-6-26-3;1-10-20-9-13(23(10)2)11-8-12(14-4-5-21-26-14)22-17-15(11)16(19)18(27-17)28(24)7-6-25-3/h2*6-8H,4-5,20H2,1-3H3,(H2,21,26);6-8H,4-5,20H2,1-3H3;4-5,8-9H,6-7,19H2,1-3H3,(H,21,23);4-5,8-9H,6-7,19H2,1-3H3. The Bertz CT molecular complexity index is 8060. The lowest BCUT2D eigenvalue weighted by Crippen LogP contribution is -2.11. The van der Waals surface area contributed by atoms with Crippen molar-refractivity contribution in [3.63, 3.8) is 0 Å². The van der Waals surface area contributed by atoms with Gasteiger partial charge in [-0.05, 0) is 71.0 Å². The Morgan fingerprint density at radius 3 is 0.952 bits per heavy atom. The van der Waals surface area contributed by atoms with E-state index in [1.807, 2.05) is 135 Å². The Balaban J connectivity index is 0.000000131. The Kier molecular flexibility index (Phi) is 33.8. The summed E-state index contributed by atoms with van der Waals surface area (Å²) in [7, 11) is 11.1. The van der Waals surface area contributed by atoms with Crippen LogP contribution in [0.5, 0.6) is 0 Å². The van der Waals surface area contributed by atoms with Crippen molar-refractivity contribution in [1.82, 2.24) is 103 Å². The molecular formula is C92H97FN28O13S13. The molecule has 0 aliphatic heterocycles. The van der Waals surface area contributed by atoms with Crippen LogP contribution in [-0.2, 0) is 113 Å². The number of ether oxygens (including phenoxy) is 5. The Morgan fingerprint density at radius 2 is 0.687 bits per heavy atom. The third kappa shape index (κ3) is 22.3.